The molecule has 0 saturated carbocycles. The van der Waals surface area contributed by atoms with Crippen molar-refractivity contribution in [1.29, 1.82) is 0 Å². The van der Waals surface area contributed by atoms with Crippen molar-refractivity contribution in [3.8, 4) is 11.5 Å². The number of ether oxygens (including phenoxy) is 2. The molecule has 2 aromatic carbocycles. The summed E-state index contributed by atoms with van der Waals surface area (Å²) >= 11 is 0. The summed E-state index contributed by atoms with van der Waals surface area (Å²) in [6.45, 7) is 0.789. The fraction of sp³-hybridized carbons (Fsp3) is 0.350. The first-order valence-corrected chi connectivity index (χ1v) is 8.45. The van der Waals surface area contributed by atoms with Gasteiger partial charge in [-0.3, -0.25) is 4.79 Å². The lowest BCUT2D eigenvalue weighted by molar-refractivity contribution is -0.138. The minimum absolute atomic E-state index is 0.0940. The van der Waals surface area contributed by atoms with Crippen LogP contribution in [-0.4, -0.2) is 30.6 Å². The molecule has 2 aliphatic rings. The van der Waals surface area contributed by atoms with Crippen LogP contribution in [0.3, 0.4) is 0 Å². The van der Waals surface area contributed by atoms with Crippen molar-refractivity contribution in [3.05, 3.63) is 59.7 Å². The summed E-state index contributed by atoms with van der Waals surface area (Å²) in [6.07, 6.45) is 2.27. The fourth-order valence-corrected chi connectivity index (χ4v) is 3.73. The van der Waals surface area contributed by atoms with Crippen LogP contribution in [0.4, 0.5) is 0 Å². The third-order valence-corrected chi connectivity index (χ3v) is 4.94. The SMILES string of the molecule is COc1cccc([C@H]2CCCN2C(=O)[C@H]2Cc3ccccc3O2)c1. The molecule has 0 aliphatic carbocycles. The molecule has 0 N–H and O–H groups in total. The van der Waals surface area contributed by atoms with Gasteiger partial charge in [0.2, 0.25) is 0 Å². The molecule has 0 aromatic heterocycles. The second-order valence-electron chi connectivity index (χ2n) is 6.38. The molecule has 4 nitrogen and oxygen atoms in total. The highest BCUT2D eigenvalue weighted by atomic mass is 16.5. The number of hydrogen-bond acceptors (Lipinski definition) is 3. The van der Waals surface area contributed by atoms with Crippen LogP contribution in [0, 0.1) is 0 Å². The van der Waals surface area contributed by atoms with Crippen LogP contribution in [0.5, 0.6) is 11.5 Å². The van der Waals surface area contributed by atoms with Crippen molar-refractivity contribution >= 4 is 5.91 Å². The van der Waals surface area contributed by atoms with Crippen LogP contribution in [0.25, 0.3) is 0 Å². The number of para-hydroxylation sites is 1. The van der Waals surface area contributed by atoms with E-state index in [1.54, 1.807) is 7.11 Å². The van der Waals surface area contributed by atoms with E-state index < -0.39 is 6.10 Å². The summed E-state index contributed by atoms with van der Waals surface area (Å²) in [4.78, 5) is 15.0. The Morgan fingerprint density at radius 2 is 2.08 bits per heavy atom. The summed E-state index contributed by atoms with van der Waals surface area (Å²) in [6, 6.07) is 16.0. The zero-order valence-corrected chi connectivity index (χ0v) is 13.8. The van der Waals surface area contributed by atoms with Gasteiger partial charge in [-0.1, -0.05) is 30.3 Å². The van der Waals surface area contributed by atoms with E-state index in [4.69, 9.17) is 9.47 Å². The van der Waals surface area contributed by atoms with Crippen LogP contribution >= 0.6 is 0 Å². The average molecular weight is 323 g/mol. The van der Waals surface area contributed by atoms with Gasteiger partial charge in [0.05, 0.1) is 13.2 Å². The number of rotatable bonds is 3. The van der Waals surface area contributed by atoms with E-state index in [1.807, 2.05) is 47.4 Å². The first-order valence-electron chi connectivity index (χ1n) is 8.45. The Hall–Kier alpha value is -2.49. The lowest BCUT2D eigenvalue weighted by Gasteiger charge is -2.27. The predicted octanol–water partition coefficient (Wildman–Crippen LogP) is 3.36. The monoisotopic (exact) mass is 323 g/mol. The lowest BCUT2D eigenvalue weighted by atomic mass is 10.0. The molecule has 1 fully saturated rings. The van der Waals surface area contributed by atoms with Crippen molar-refractivity contribution in [3.63, 3.8) is 0 Å². The first kappa shape index (κ1) is 15.1. The van der Waals surface area contributed by atoms with Gasteiger partial charge in [-0.2, -0.15) is 0 Å². The topological polar surface area (TPSA) is 38.8 Å². The minimum Gasteiger partial charge on any atom is -0.497 e. The minimum atomic E-state index is -0.395. The third-order valence-electron chi connectivity index (χ3n) is 4.94. The molecule has 24 heavy (non-hydrogen) atoms. The second kappa shape index (κ2) is 6.19. The predicted molar refractivity (Wildman–Crippen MR) is 91.2 cm³/mol. The number of carbonyl (C=O) groups is 1. The molecule has 2 atom stereocenters. The summed E-state index contributed by atoms with van der Waals surface area (Å²) in [5.74, 6) is 1.76. The van der Waals surface area contributed by atoms with E-state index in [0.717, 1.165) is 42.0 Å². The van der Waals surface area contributed by atoms with Gasteiger partial charge in [-0.15, -0.1) is 0 Å². The first-order chi connectivity index (χ1) is 11.8. The Kier molecular flexibility index (Phi) is 3.89. The maximum atomic E-state index is 13.0. The maximum absolute atomic E-state index is 13.0. The Morgan fingerprint density at radius 1 is 1.21 bits per heavy atom. The molecule has 4 rings (SSSR count). The van der Waals surface area contributed by atoms with Crippen molar-refractivity contribution < 1.29 is 14.3 Å². The molecule has 0 spiro atoms. The van der Waals surface area contributed by atoms with Gasteiger partial charge in [-0.25, -0.2) is 0 Å². The van der Waals surface area contributed by atoms with Gasteiger partial charge in [0.15, 0.2) is 6.10 Å². The Bertz CT molecular complexity index is 733. The van der Waals surface area contributed by atoms with Crippen LogP contribution in [0.15, 0.2) is 48.5 Å². The molecule has 2 heterocycles. The van der Waals surface area contributed by atoms with Crippen LogP contribution in [0.2, 0.25) is 0 Å². The molecule has 2 aliphatic heterocycles. The number of amides is 1. The molecule has 4 heteroatoms. The second-order valence-corrected chi connectivity index (χ2v) is 6.38. The highest BCUT2D eigenvalue weighted by Gasteiger charge is 2.37. The van der Waals surface area contributed by atoms with E-state index in [2.05, 4.69) is 6.07 Å². The average Bonchev–Trinajstić information content (AvgIpc) is 3.28. The normalized spacial score (nSPS) is 22.1. The van der Waals surface area contributed by atoms with E-state index in [0.29, 0.717) is 6.42 Å². The summed E-state index contributed by atoms with van der Waals surface area (Å²) in [5.41, 5.74) is 2.25. The molecule has 1 amide bonds. The molecule has 2 aromatic rings. The van der Waals surface area contributed by atoms with Crippen molar-refractivity contribution in [2.45, 2.75) is 31.4 Å². The van der Waals surface area contributed by atoms with E-state index in [-0.39, 0.29) is 11.9 Å². The van der Waals surface area contributed by atoms with E-state index >= 15 is 0 Å². The van der Waals surface area contributed by atoms with Gasteiger partial charge in [-0.05, 0) is 42.2 Å². The third kappa shape index (κ3) is 2.62. The van der Waals surface area contributed by atoms with E-state index in [1.165, 1.54) is 0 Å². The zero-order chi connectivity index (χ0) is 16.5. The molecular formula is C20H21NO3. The van der Waals surface area contributed by atoms with Crippen molar-refractivity contribution in [2.75, 3.05) is 13.7 Å². The van der Waals surface area contributed by atoms with Crippen molar-refractivity contribution in [2.24, 2.45) is 0 Å². The highest BCUT2D eigenvalue weighted by molar-refractivity contribution is 5.83. The van der Waals surface area contributed by atoms with E-state index in [9.17, 15) is 4.79 Å². The standard InChI is InChI=1S/C20H21NO3/c1-23-16-8-4-7-14(12-16)17-9-5-11-21(17)20(22)19-13-15-6-2-3-10-18(15)24-19/h2-4,6-8,10,12,17,19H,5,9,11,13H2,1H3/t17-,19-/m1/s1. The summed E-state index contributed by atoms with van der Waals surface area (Å²) < 4.78 is 11.2. The Balaban J connectivity index is 1.54. The number of methoxy groups -OCH3 is 1. The number of fused-ring (bicyclic) bond motifs is 1. The quantitative estimate of drug-likeness (QED) is 0.869. The zero-order valence-electron chi connectivity index (χ0n) is 13.8. The maximum Gasteiger partial charge on any atom is 0.264 e. The number of carbonyl (C=O) groups excluding carboxylic acids is 1. The molecule has 1 saturated heterocycles. The number of nitrogens with zero attached hydrogens (tertiary/aromatic N) is 1. The summed E-state index contributed by atoms with van der Waals surface area (Å²) in [5, 5.41) is 0. The smallest absolute Gasteiger partial charge is 0.264 e. The molecular weight excluding hydrogens is 302 g/mol. The lowest BCUT2D eigenvalue weighted by Crippen LogP contribution is -2.40. The highest BCUT2D eigenvalue weighted by Crippen LogP contribution is 2.36. The Labute approximate surface area is 142 Å². The molecule has 0 unspecified atom stereocenters. The number of benzene rings is 2. The van der Waals surface area contributed by atoms with Crippen LogP contribution < -0.4 is 9.47 Å². The van der Waals surface area contributed by atoms with Gasteiger partial charge < -0.3 is 14.4 Å². The van der Waals surface area contributed by atoms with Crippen LogP contribution in [-0.2, 0) is 11.2 Å². The number of likely N-dealkylation sites (tertiary alicyclic amines) is 1. The largest absolute Gasteiger partial charge is 0.497 e. The van der Waals surface area contributed by atoms with Gasteiger partial charge >= 0.3 is 0 Å². The van der Waals surface area contributed by atoms with Crippen molar-refractivity contribution in [1.82, 2.24) is 4.90 Å². The molecule has 0 radical (unpaired) electrons. The fourth-order valence-electron chi connectivity index (χ4n) is 3.73. The Morgan fingerprint density at radius 3 is 2.92 bits per heavy atom. The molecule has 124 valence electrons. The molecule has 0 bridgehead atoms. The van der Waals surface area contributed by atoms with Gasteiger partial charge in [0.1, 0.15) is 11.5 Å². The number of hydrogen-bond donors (Lipinski definition) is 0. The van der Waals surface area contributed by atoms with Crippen LogP contribution in [0.1, 0.15) is 30.0 Å². The van der Waals surface area contributed by atoms with Gasteiger partial charge in [0, 0.05) is 13.0 Å². The van der Waals surface area contributed by atoms with Gasteiger partial charge in [0.25, 0.3) is 5.91 Å². The summed E-state index contributed by atoms with van der Waals surface area (Å²) in [7, 11) is 1.67.